The number of aromatic nitrogens is 2. The Kier molecular flexibility index (Phi) is 8.45. The number of hydrogen-bond acceptors (Lipinski definition) is 3. The van der Waals surface area contributed by atoms with Crippen LogP contribution in [0.5, 0.6) is 0 Å². The number of hydrogen-bond donors (Lipinski definition) is 0. The Balaban J connectivity index is 1.26. The van der Waals surface area contributed by atoms with Crippen LogP contribution in [0.25, 0.3) is 49.7 Å². The van der Waals surface area contributed by atoms with Gasteiger partial charge in [0.1, 0.15) is 0 Å². The van der Waals surface area contributed by atoms with E-state index in [1.54, 1.807) is 0 Å². The summed E-state index contributed by atoms with van der Waals surface area (Å²) in [4.78, 5) is 9.18. The van der Waals surface area contributed by atoms with Gasteiger partial charge in [-0.3, -0.25) is 4.98 Å². The lowest BCUT2D eigenvalue weighted by Crippen LogP contribution is -2.17. The lowest BCUT2D eigenvalue weighted by Gasteiger charge is -2.31. The largest absolute Gasteiger partial charge is 0.310 e. The zero-order valence-corrected chi connectivity index (χ0v) is 33.6. The molecule has 4 nitrogen and oxygen atoms in total. The highest BCUT2D eigenvalue weighted by molar-refractivity contribution is 6.18. The fourth-order valence-electron chi connectivity index (χ4n) is 9.43. The van der Waals surface area contributed by atoms with Gasteiger partial charge < -0.3 is 14.4 Å². The first-order chi connectivity index (χ1) is 29.5. The molecule has 1 aliphatic carbocycles. The molecule has 0 aliphatic heterocycles. The molecule has 60 heavy (non-hydrogen) atoms. The smallest absolute Gasteiger partial charge is 0.0583 e. The zero-order chi connectivity index (χ0) is 40.2. The third-order valence-electron chi connectivity index (χ3n) is 12.2. The van der Waals surface area contributed by atoms with Crippen molar-refractivity contribution in [1.29, 1.82) is 0 Å². The van der Waals surface area contributed by atoms with Crippen molar-refractivity contribution in [3.63, 3.8) is 0 Å². The Morgan fingerprint density at radius 3 is 1.67 bits per heavy atom. The van der Waals surface area contributed by atoms with Gasteiger partial charge in [-0.2, -0.15) is 0 Å². The highest BCUT2D eigenvalue weighted by Gasteiger charge is 2.36. The second-order valence-electron chi connectivity index (χ2n) is 16.1. The molecule has 0 amide bonds. The van der Waals surface area contributed by atoms with Crippen LogP contribution >= 0.6 is 0 Å². The van der Waals surface area contributed by atoms with Crippen LogP contribution in [0.4, 0.5) is 34.1 Å². The number of pyridine rings is 1. The molecule has 2 aromatic heterocycles. The van der Waals surface area contributed by atoms with E-state index in [0.717, 1.165) is 62.0 Å². The Hall–Kier alpha value is -7.69. The number of fused-ring (bicyclic) bond motifs is 6. The Morgan fingerprint density at radius 1 is 0.417 bits per heavy atom. The van der Waals surface area contributed by atoms with E-state index in [1.165, 1.54) is 33.0 Å². The van der Waals surface area contributed by atoms with E-state index >= 15 is 0 Å². The second-order valence-corrected chi connectivity index (χ2v) is 16.1. The fraction of sp³-hybridized carbons (Fsp3) is 0.0536. The quantitative estimate of drug-likeness (QED) is 0.154. The Bertz CT molecular complexity index is 3120. The van der Waals surface area contributed by atoms with Crippen molar-refractivity contribution in [3.8, 4) is 27.9 Å². The molecule has 0 unspecified atom stereocenters. The van der Waals surface area contributed by atoms with Crippen molar-refractivity contribution in [2.24, 2.45) is 0 Å². The highest BCUT2D eigenvalue weighted by Crippen LogP contribution is 2.52. The van der Waals surface area contributed by atoms with Crippen molar-refractivity contribution in [1.82, 2.24) is 9.55 Å². The third-order valence-corrected chi connectivity index (χ3v) is 12.2. The van der Waals surface area contributed by atoms with Crippen molar-refractivity contribution < 1.29 is 0 Å². The first-order valence-corrected chi connectivity index (χ1v) is 20.6. The molecule has 8 aromatic carbocycles. The summed E-state index contributed by atoms with van der Waals surface area (Å²) in [5.74, 6) is 0. The van der Waals surface area contributed by atoms with Crippen LogP contribution in [0.1, 0.15) is 25.0 Å². The number of benzene rings is 8. The minimum atomic E-state index is -0.150. The van der Waals surface area contributed by atoms with Crippen molar-refractivity contribution in [3.05, 3.63) is 230 Å². The highest BCUT2D eigenvalue weighted by atomic mass is 15.2. The molecule has 2 heterocycles. The molecule has 4 heteroatoms. The molecule has 0 fully saturated rings. The minimum Gasteiger partial charge on any atom is -0.310 e. The van der Waals surface area contributed by atoms with Gasteiger partial charge in [-0.05, 0) is 124 Å². The maximum Gasteiger partial charge on any atom is 0.0583 e. The monoisotopic (exact) mass is 770 g/mol. The van der Waals surface area contributed by atoms with Gasteiger partial charge in [0.2, 0.25) is 0 Å². The standard InChI is InChI=1S/C56H42N4/c1-56(2)50-26-16-15-25-47(50)48-30-28-45(36-51(48)56)58(41-17-7-3-8-18-41)46-37-53(59(42-19-9-4-10-20-42)43-21-11-5-12-22-43)55-49-29-27-40(39-31-33-57-34-32-39)35-52(49)60(54(55)38-46)44-23-13-6-14-24-44/h3-38H,1-2H3. The number of anilines is 6. The van der Waals surface area contributed by atoms with Crippen LogP contribution in [0, 0.1) is 0 Å². The molecule has 286 valence electrons. The van der Waals surface area contributed by atoms with Crippen LogP contribution in [-0.2, 0) is 5.41 Å². The molecule has 0 radical (unpaired) electrons. The van der Waals surface area contributed by atoms with Gasteiger partial charge >= 0.3 is 0 Å². The first kappa shape index (κ1) is 35.5. The maximum atomic E-state index is 4.32. The van der Waals surface area contributed by atoms with Crippen molar-refractivity contribution in [2.75, 3.05) is 9.80 Å². The number of nitrogens with zero attached hydrogens (tertiary/aromatic N) is 4. The second kappa shape index (κ2) is 14.3. The zero-order valence-electron chi connectivity index (χ0n) is 33.6. The van der Waals surface area contributed by atoms with Crippen LogP contribution in [0.15, 0.2) is 219 Å². The van der Waals surface area contributed by atoms with E-state index in [0.29, 0.717) is 0 Å². The van der Waals surface area contributed by atoms with E-state index in [9.17, 15) is 0 Å². The van der Waals surface area contributed by atoms with Crippen LogP contribution in [0.2, 0.25) is 0 Å². The predicted octanol–water partition coefficient (Wildman–Crippen LogP) is 15.1. The summed E-state index contributed by atoms with van der Waals surface area (Å²) in [7, 11) is 0. The Morgan fingerprint density at radius 2 is 1.00 bits per heavy atom. The van der Waals surface area contributed by atoms with Gasteiger partial charge in [-0.1, -0.05) is 129 Å². The summed E-state index contributed by atoms with van der Waals surface area (Å²) in [5.41, 5.74) is 17.3. The molecule has 0 saturated heterocycles. The summed E-state index contributed by atoms with van der Waals surface area (Å²) < 4.78 is 2.45. The SMILES string of the molecule is CC1(C)c2ccccc2-c2ccc(N(c3ccccc3)c3cc(N(c4ccccc4)c4ccccc4)c4c5ccc(-c6ccncc6)cc5n(-c5ccccc5)c4c3)cc21. The molecule has 0 N–H and O–H groups in total. The van der Waals surface area contributed by atoms with E-state index < -0.39 is 0 Å². The molecular formula is C56H42N4. The average molecular weight is 771 g/mol. The molecule has 10 aromatic rings. The molecule has 0 saturated carbocycles. The van der Waals surface area contributed by atoms with Gasteiger partial charge in [-0.25, -0.2) is 0 Å². The van der Waals surface area contributed by atoms with Gasteiger partial charge in [0, 0.05) is 57.0 Å². The third kappa shape index (κ3) is 5.79. The molecular weight excluding hydrogens is 729 g/mol. The fourth-order valence-corrected chi connectivity index (χ4v) is 9.43. The van der Waals surface area contributed by atoms with Crippen LogP contribution < -0.4 is 9.80 Å². The van der Waals surface area contributed by atoms with E-state index in [2.05, 4.69) is 239 Å². The molecule has 1 aliphatic rings. The number of rotatable bonds is 8. The van der Waals surface area contributed by atoms with E-state index in [4.69, 9.17) is 0 Å². The van der Waals surface area contributed by atoms with Crippen molar-refractivity contribution >= 4 is 55.9 Å². The minimum absolute atomic E-state index is 0.150. The van der Waals surface area contributed by atoms with Gasteiger partial charge in [-0.15, -0.1) is 0 Å². The van der Waals surface area contributed by atoms with Crippen molar-refractivity contribution in [2.45, 2.75) is 19.3 Å². The molecule has 0 atom stereocenters. The summed E-state index contributed by atoms with van der Waals surface area (Å²) in [6.45, 7) is 4.71. The lowest BCUT2D eigenvalue weighted by atomic mass is 9.82. The normalized spacial score (nSPS) is 12.6. The summed E-state index contributed by atoms with van der Waals surface area (Å²) >= 11 is 0. The summed E-state index contributed by atoms with van der Waals surface area (Å²) in [5, 5.41) is 2.35. The molecule has 0 spiro atoms. The molecule has 0 bridgehead atoms. The summed E-state index contributed by atoms with van der Waals surface area (Å²) in [6.07, 6.45) is 3.73. The molecule has 11 rings (SSSR count). The van der Waals surface area contributed by atoms with E-state index in [-0.39, 0.29) is 5.41 Å². The summed E-state index contributed by atoms with van der Waals surface area (Å²) in [6, 6.07) is 74.9. The van der Waals surface area contributed by atoms with Gasteiger partial charge in [0.15, 0.2) is 0 Å². The lowest BCUT2D eigenvalue weighted by molar-refractivity contribution is 0.660. The van der Waals surface area contributed by atoms with Gasteiger partial charge in [0.05, 0.1) is 22.4 Å². The van der Waals surface area contributed by atoms with Crippen LogP contribution in [-0.4, -0.2) is 9.55 Å². The average Bonchev–Trinajstić information content (AvgIpc) is 3.76. The first-order valence-electron chi connectivity index (χ1n) is 20.6. The van der Waals surface area contributed by atoms with Crippen LogP contribution in [0.3, 0.4) is 0 Å². The predicted molar refractivity (Wildman–Crippen MR) is 251 cm³/mol. The maximum absolute atomic E-state index is 4.32. The number of para-hydroxylation sites is 4. The topological polar surface area (TPSA) is 24.3 Å². The van der Waals surface area contributed by atoms with Gasteiger partial charge in [0.25, 0.3) is 0 Å². The Labute approximate surface area is 350 Å². The van der Waals surface area contributed by atoms with E-state index in [1.807, 2.05) is 12.4 Å².